The molecule has 5 heteroatoms. The van der Waals surface area contributed by atoms with Crippen LogP contribution in [-0.4, -0.2) is 18.3 Å². The van der Waals surface area contributed by atoms with Gasteiger partial charge in [0.1, 0.15) is 18.1 Å². The van der Waals surface area contributed by atoms with Gasteiger partial charge in [0.2, 0.25) is 11.0 Å². The number of aryl methyl sites for hydroxylation is 1. The van der Waals surface area contributed by atoms with Gasteiger partial charge in [-0.1, -0.05) is 123 Å². The van der Waals surface area contributed by atoms with Crippen molar-refractivity contribution in [2.45, 2.75) is 52.1 Å². The van der Waals surface area contributed by atoms with Gasteiger partial charge in [-0.25, -0.2) is 4.89 Å². The van der Waals surface area contributed by atoms with Gasteiger partial charge in [-0.3, -0.25) is 5.26 Å². The third-order valence-electron chi connectivity index (χ3n) is 13.1. The van der Waals surface area contributed by atoms with Crippen molar-refractivity contribution >= 4 is 44.7 Å². The molecule has 3 heterocycles. The van der Waals surface area contributed by atoms with Crippen LogP contribution >= 0.6 is 0 Å². The van der Waals surface area contributed by atoms with E-state index in [1.54, 1.807) is 0 Å². The van der Waals surface area contributed by atoms with Crippen LogP contribution < -0.4 is 24.8 Å². The fraction of sp³-hybridized carbons (Fsp3) is 0.182. The Morgan fingerprint density at radius 2 is 1.18 bits per heavy atom. The van der Waals surface area contributed by atoms with Gasteiger partial charge >= 0.3 is 0 Å². The largest absolute Gasteiger partial charge is 0.455 e. The van der Waals surface area contributed by atoms with Gasteiger partial charge in [0, 0.05) is 51.5 Å². The predicted octanol–water partition coefficient (Wildman–Crippen LogP) is 12.1. The van der Waals surface area contributed by atoms with Crippen molar-refractivity contribution in [3.8, 4) is 33.8 Å². The fourth-order valence-corrected chi connectivity index (χ4v) is 10.2. The zero-order chi connectivity index (χ0) is 40.9. The second-order valence-electron chi connectivity index (χ2n) is 18.1. The van der Waals surface area contributed by atoms with Gasteiger partial charge in [0.05, 0.1) is 22.1 Å². The van der Waals surface area contributed by atoms with Gasteiger partial charge in [0.15, 0.2) is 6.54 Å². The molecular formula is C55H47N2O3+. The Labute approximate surface area is 350 Å². The highest BCUT2D eigenvalue weighted by Crippen LogP contribution is 2.56. The number of anilines is 2. The highest BCUT2D eigenvalue weighted by atomic mass is 17.1. The molecule has 0 unspecified atom stereocenters. The van der Waals surface area contributed by atoms with E-state index in [0.29, 0.717) is 0 Å². The van der Waals surface area contributed by atoms with Gasteiger partial charge < -0.3 is 9.64 Å². The first kappa shape index (κ1) is 36.5. The molecular weight excluding hydrogens is 737 g/mol. The lowest BCUT2D eigenvalue weighted by Gasteiger charge is -2.28. The fourth-order valence-electron chi connectivity index (χ4n) is 10.2. The minimum atomic E-state index is -0.209. The Morgan fingerprint density at radius 3 is 1.83 bits per heavy atom. The first-order chi connectivity index (χ1) is 29.1. The van der Waals surface area contributed by atoms with Crippen LogP contribution in [0.4, 0.5) is 17.1 Å². The second-order valence-corrected chi connectivity index (χ2v) is 18.1. The molecule has 0 saturated carbocycles. The van der Waals surface area contributed by atoms with Crippen LogP contribution in [0.5, 0.6) is 11.5 Å². The molecule has 0 amide bonds. The summed E-state index contributed by atoms with van der Waals surface area (Å²) >= 11 is 0. The van der Waals surface area contributed by atoms with E-state index in [1.165, 1.54) is 66.1 Å². The van der Waals surface area contributed by atoms with Crippen LogP contribution in [0.25, 0.3) is 49.9 Å². The van der Waals surface area contributed by atoms with Crippen LogP contribution in [0.1, 0.15) is 55.5 Å². The maximum Gasteiger partial charge on any atom is 0.221 e. The van der Waals surface area contributed by atoms with E-state index in [4.69, 9.17) is 9.99 Å². The maximum absolute atomic E-state index is 8.89. The standard InChI is InChI=1S/C55H46N2O3/c1-34-14-18-36(19-15-34)38-22-26-40(27-23-38)56-32-54(2,3)48-50(56)44-12-8-6-10-42(44)46-30-47-43-11-7-9-13-45(43)51-49(53(47)60-52(46)48)55(4,5)33-57(51)41-28-24-39(25-29-41)37-20-16-35(17-21-37)31-59-58/h6-30H,31-33H2,1-5H3/p+1. The predicted molar refractivity (Wildman–Crippen MR) is 246 cm³/mol. The molecule has 60 heavy (non-hydrogen) atoms. The molecule has 0 aromatic heterocycles. The lowest BCUT2D eigenvalue weighted by molar-refractivity contribution is -0.253. The quantitative estimate of drug-likeness (QED) is 0.104. The van der Waals surface area contributed by atoms with Gasteiger partial charge in [-0.2, -0.15) is 4.58 Å². The lowest BCUT2D eigenvalue weighted by Crippen LogP contribution is -2.29. The zero-order valence-electron chi connectivity index (χ0n) is 34.7. The summed E-state index contributed by atoms with van der Waals surface area (Å²) < 4.78 is 10.1. The Morgan fingerprint density at radius 1 is 0.617 bits per heavy atom. The number of benzene rings is 8. The summed E-state index contributed by atoms with van der Waals surface area (Å²) in [6.45, 7) is 13.4. The Kier molecular flexibility index (Phi) is 8.22. The molecule has 0 bridgehead atoms. The number of ether oxygens (including phenoxy) is 1. The summed E-state index contributed by atoms with van der Waals surface area (Å²) in [5.41, 5.74) is 13.8. The molecule has 11 rings (SSSR count). The summed E-state index contributed by atoms with van der Waals surface area (Å²) in [7, 11) is 0. The molecule has 0 radical (unpaired) electrons. The molecule has 294 valence electrons. The van der Waals surface area contributed by atoms with Gasteiger partial charge in [-0.05, 0) is 95.8 Å². The van der Waals surface area contributed by atoms with Crippen LogP contribution in [-0.2, 0) is 22.3 Å². The average Bonchev–Trinajstić information content (AvgIpc) is 3.73. The second kappa shape index (κ2) is 13.5. The topological polar surface area (TPSA) is 44.9 Å². The summed E-state index contributed by atoms with van der Waals surface area (Å²) in [6.07, 6.45) is 2.43. The summed E-state index contributed by atoms with van der Waals surface area (Å²) in [4.78, 5) is 6.86. The van der Waals surface area contributed by atoms with Crippen LogP contribution in [0.3, 0.4) is 0 Å². The number of hydrogen-bond acceptors (Lipinski definition) is 4. The molecule has 0 saturated heterocycles. The normalized spacial score (nSPS) is 15.6. The van der Waals surface area contributed by atoms with E-state index in [2.05, 4.69) is 189 Å². The van der Waals surface area contributed by atoms with E-state index >= 15 is 0 Å². The molecule has 8 aromatic carbocycles. The minimum Gasteiger partial charge on any atom is -0.455 e. The van der Waals surface area contributed by atoms with E-state index in [1.807, 2.05) is 12.1 Å². The van der Waals surface area contributed by atoms with Crippen molar-refractivity contribution in [3.05, 3.63) is 184 Å². The van der Waals surface area contributed by atoms with E-state index in [9.17, 15) is 0 Å². The van der Waals surface area contributed by atoms with Crippen LogP contribution in [0.2, 0.25) is 0 Å². The smallest absolute Gasteiger partial charge is 0.221 e. The SMILES string of the molecule is Cc1ccc(-c2ccc(N3CC(C)(C)c4c5c(c6ccccc6c43)C=c3c(c4c(c6ccccc36)=[N+](c3ccc(-c6ccc(COO)cc6)cc3)CC4(C)C)O5)cc2)cc1. The first-order valence-electron chi connectivity index (χ1n) is 21.0. The summed E-state index contributed by atoms with van der Waals surface area (Å²) in [6, 6.07) is 52.6. The number of nitrogens with zero attached hydrogens (tertiary/aromatic N) is 2. The number of hydrogen-bond donors (Lipinski definition) is 1. The zero-order valence-corrected chi connectivity index (χ0v) is 34.7. The van der Waals surface area contributed by atoms with Crippen molar-refractivity contribution < 1.29 is 14.9 Å². The van der Waals surface area contributed by atoms with Gasteiger partial charge in [0.25, 0.3) is 0 Å². The molecule has 0 fully saturated rings. The monoisotopic (exact) mass is 783 g/mol. The number of rotatable bonds is 6. The molecule has 5 nitrogen and oxygen atoms in total. The highest BCUT2D eigenvalue weighted by molar-refractivity contribution is 6.07. The van der Waals surface area contributed by atoms with E-state index in [-0.39, 0.29) is 17.4 Å². The average molecular weight is 784 g/mol. The molecule has 3 aliphatic heterocycles. The first-order valence-corrected chi connectivity index (χ1v) is 21.0. The molecule has 1 N–H and O–H groups in total. The summed E-state index contributed by atoms with van der Waals surface area (Å²) in [5, 5.41) is 16.2. The van der Waals surface area contributed by atoms with Crippen LogP contribution in [0, 0.1) is 6.92 Å². The van der Waals surface area contributed by atoms with Crippen molar-refractivity contribution in [3.63, 3.8) is 0 Å². The van der Waals surface area contributed by atoms with E-state index < -0.39 is 0 Å². The highest BCUT2D eigenvalue weighted by Gasteiger charge is 2.46. The molecule has 8 aromatic rings. The lowest BCUT2D eigenvalue weighted by atomic mass is 9.81. The molecule has 0 aliphatic carbocycles. The summed E-state index contributed by atoms with van der Waals surface area (Å²) in [5.74, 6) is 1.95. The molecule has 0 atom stereocenters. The maximum atomic E-state index is 8.89. The van der Waals surface area contributed by atoms with E-state index in [0.717, 1.165) is 57.7 Å². The van der Waals surface area contributed by atoms with Crippen LogP contribution in [0.15, 0.2) is 146 Å². The number of fused-ring (bicyclic) bond motifs is 12. The van der Waals surface area contributed by atoms with Crippen molar-refractivity contribution in [1.82, 2.24) is 4.58 Å². The van der Waals surface area contributed by atoms with Crippen molar-refractivity contribution in [1.29, 1.82) is 0 Å². The van der Waals surface area contributed by atoms with Crippen molar-refractivity contribution in [2.24, 2.45) is 0 Å². The van der Waals surface area contributed by atoms with Crippen molar-refractivity contribution in [2.75, 3.05) is 18.0 Å². The third kappa shape index (κ3) is 5.64. The minimum absolute atomic E-state index is 0.174. The Balaban J connectivity index is 1.09. The Hall–Kier alpha value is -6.53. The molecule has 3 aliphatic rings. The third-order valence-corrected chi connectivity index (χ3v) is 13.1. The Bertz CT molecular complexity index is 3160. The van der Waals surface area contributed by atoms with Gasteiger partial charge in [-0.15, -0.1) is 0 Å². The molecule has 0 spiro atoms.